The van der Waals surface area contributed by atoms with Gasteiger partial charge in [-0.05, 0) is 69.9 Å². The second kappa shape index (κ2) is 22.6. The summed E-state index contributed by atoms with van der Waals surface area (Å²) in [5, 5.41) is 24.2. The minimum absolute atomic E-state index is 0.0163. The number of benzene rings is 1. The molecule has 0 saturated carbocycles. The summed E-state index contributed by atoms with van der Waals surface area (Å²) in [6.07, 6.45) is 10.4. The highest BCUT2D eigenvalue weighted by Gasteiger charge is 2.52. The van der Waals surface area contributed by atoms with Crippen molar-refractivity contribution >= 4 is 29.8 Å². The number of hydrogen-bond donors (Lipinski definition) is 4. The number of rotatable bonds is 23. The molecule has 54 heavy (non-hydrogen) atoms. The van der Waals surface area contributed by atoms with Gasteiger partial charge in [0.1, 0.15) is 30.5 Å². The number of unbranched alkanes of at least 4 members (excludes halogenated alkanes) is 4. The smallest absolute Gasteiger partial charge is 0.338 e. The molecule has 302 valence electrons. The number of esters is 2. The van der Waals surface area contributed by atoms with Gasteiger partial charge in [0.2, 0.25) is 11.8 Å². The first kappa shape index (κ1) is 44.6. The van der Waals surface area contributed by atoms with Gasteiger partial charge in [-0.3, -0.25) is 14.4 Å². The van der Waals surface area contributed by atoms with E-state index >= 15 is 0 Å². The molecule has 4 N–H and O–H groups in total. The van der Waals surface area contributed by atoms with E-state index < -0.39 is 59.5 Å². The minimum Gasteiger partial charge on any atom is -0.499 e. The molecule has 0 unspecified atom stereocenters. The van der Waals surface area contributed by atoms with Crippen LogP contribution in [0, 0.1) is 0 Å². The summed E-state index contributed by atoms with van der Waals surface area (Å²) < 4.78 is 30.0. The first-order chi connectivity index (χ1) is 25.8. The lowest BCUT2D eigenvalue weighted by molar-refractivity contribution is -0.190. The monoisotopic (exact) mass is 758 g/mol. The molecule has 1 heterocycles. The quantitative estimate of drug-likeness (QED) is 0.0650. The number of nitrogens with one attached hydrogen (secondary N) is 2. The van der Waals surface area contributed by atoms with E-state index in [1.165, 1.54) is 6.26 Å². The maximum atomic E-state index is 13.6. The zero-order valence-electron chi connectivity index (χ0n) is 32.7. The maximum Gasteiger partial charge on any atom is 0.338 e. The Kier molecular flexibility index (Phi) is 18.6. The van der Waals surface area contributed by atoms with E-state index in [4.69, 9.17) is 28.8 Å². The molecule has 2 aliphatic rings. The number of hydrogen-bond acceptors (Lipinski definition) is 11. The standard InChI is InChI=1S/C41H62N2O11/c1-6-8-10-19-41(20-11-9-7-2)52-34-27-31(38(48)42-21-17-35(46)43-32(28-45)15-16-36(47)53-40(3,4)5)26-33(37(34)54-41)51-39(49)30-14-12-13-29(25-30)18-23-50-24-22-44/h12-14,18,23,25,27,32-34,37,44-45H,6-11,15-17,19-22,24,26,28H2,1-5H3,(H,42,48)(H,43,46)/t32-,33+,34+,37-/m0/s1. The molecule has 4 atom stereocenters. The molecule has 0 radical (unpaired) electrons. The van der Waals surface area contributed by atoms with Crippen LogP contribution in [-0.2, 0) is 38.1 Å². The Morgan fingerprint density at radius 1 is 1.02 bits per heavy atom. The molecule has 0 aromatic heterocycles. The lowest BCUT2D eigenvalue weighted by Crippen LogP contribution is -2.44. The van der Waals surface area contributed by atoms with Gasteiger partial charge < -0.3 is 44.5 Å². The summed E-state index contributed by atoms with van der Waals surface area (Å²) in [7, 11) is 0. The van der Waals surface area contributed by atoms with E-state index in [1.54, 1.807) is 57.2 Å². The van der Waals surface area contributed by atoms with E-state index in [0.29, 0.717) is 29.5 Å². The van der Waals surface area contributed by atoms with Gasteiger partial charge in [0, 0.05) is 44.2 Å². The summed E-state index contributed by atoms with van der Waals surface area (Å²) in [5.74, 6) is -2.67. The Hall–Kier alpha value is -3.78. The largest absolute Gasteiger partial charge is 0.499 e. The first-order valence-corrected chi connectivity index (χ1v) is 19.5. The lowest BCUT2D eigenvalue weighted by Gasteiger charge is -2.31. The van der Waals surface area contributed by atoms with E-state index in [1.807, 2.05) is 0 Å². The molecule has 1 aromatic carbocycles. The van der Waals surface area contributed by atoms with Crippen molar-refractivity contribution in [1.29, 1.82) is 0 Å². The fraction of sp³-hybridized carbons (Fsp3) is 0.659. The highest BCUT2D eigenvalue weighted by atomic mass is 16.8. The van der Waals surface area contributed by atoms with Crippen molar-refractivity contribution in [3.05, 3.63) is 53.3 Å². The third-order valence-corrected chi connectivity index (χ3v) is 9.08. The number of ether oxygens (including phenoxy) is 5. The second-order valence-corrected chi connectivity index (χ2v) is 14.9. The Morgan fingerprint density at radius 3 is 2.39 bits per heavy atom. The number of carbonyl (C=O) groups excluding carboxylic acids is 4. The fourth-order valence-corrected chi connectivity index (χ4v) is 6.42. The van der Waals surface area contributed by atoms with Crippen molar-refractivity contribution in [2.45, 2.75) is 147 Å². The van der Waals surface area contributed by atoms with Gasteiger partial charge in [-0.15, -0.1) is 0 Å². The maximum absolute atomic E-state index is 13.6. The Bertz CT molecular complexity index is 1410. The van der Waals surface area contributed by atoms with Crippen LogP contribution in [0.2, 0.25) is 0 Å². The predicted octanol–water partition coefficient (Wildman–Crippen LogP) is 5.27. The summed E-state index contributed by atoms with van der Waals surface area (Å²) in [5.41, 5.74) is 0.742. The molecule has 1 aliphatic heterocycles. The van der Waals surface area contributed by atoms with Gasteiger partial charge in [0.15, 0.2) is 5.79 Å². The molecule has 1 saturated heterocycles. The molecule has 2 amide bonds. The van der Waals surface area contributed by atoms with Crippen molar-refractivity contribution in [1.82, 2.24) is 10.6 Å². The molecule has 13 heteroatoms. The van der Waals surface area contributed by atoms with Gasteiger partial charge in [0.05, 0.1) is 31.1 Å². The van der Waals surface area contributed by atoms with Gasteiger partial charge in [0.25, 0.3) is 0 Å². The highest BCUT2D eigenvalue weighted by Crippen LogP contribution is 2.43. The summed E-state index contributed by atoms with van der Waals surface area (Å²) in [4.78, 5) is 51.9. The van der Waals surface area contributed by atoms with Gasteiger partial charge in [-0.2, -0.15) is 0 Å². The number of amides is 2. The molecule has 1 aromatic rings. The number of carbonyl (C=O) groups is 4. The van der Waals surface area contributed by atoms with Crippen LogP contribution in [0.3, 0.4) is 0 Å². The van der Waals surface area contributed by atoms with E-state index in [2.05, 4.69) is 24.5 Å². The zero-order chi connectivity index (χ0) is 39.6. The molecule has 0 bridgehead atoms. The number of aliphatic hydroxyl groups excluding tert-OH is 2. The van der Waals surface area contributed by atoms with Crippen LogP contribution in [0.15, 0.2) is 42.2 Å². The van der Waals surface area contributed by atoms with Crippen molar-refractivity contribution in [3.8, 4) is 0 Å². The van der Waals surface area contributed by atoms with Crippen LogP contribution in [0.1, 0.15) is 128 Å². The third kappa shape index (κ3) is 15.2. The van der Waals surface area contributed by atoms with E-state index in [0.717, 1.165) is 38.5 Å². The van der Waals surface area contributed by atoms with Crippen molar-refractivity contribution < 1.29 is 53.1 Å². The van der Waals surface area contributed by atoms with Gasteiger partial charge in [-0.25, -0.2) is 4.79 Å². The van der Waals surface area contributed by atoms with Gasteiger partial charge >= 0.3 is 11.9 Å². The number of aliphatic hydroxyl groups is 2. The fourth-order valence-electron chi connectivity index (χ4n) is 6.42. The Morgan fingerprint density at radius 2 is 1.74 bits per heavy atom. The first-order valence-electron chi connectivity index (χ1n) is 19.5. The predicted molar refractivity (Wildman–Crippen MR) is 203 cm³/mol. The normalized spacial score (nSPS) is 19.8. The van der Waals surface area contributed by atoms with E-state index in [9.17, 15) is 24.3 Å². The molecule has 13 nitrogen and oxygen atoms in total. The van der Waals surface area contributed by atoms with Crippen LogP contribution >= 0.6 is 0 Å². The van der Waals surface area contributed by atoms with Crippen LogP contribution in [0.25, 0.3) is 6.08 Å². The summed E-state index contributed by atoms with van der Waals surface area (Å²) in [6.45, 7) is 9.28. The van der Waals surface area contributed by atoms with Crippen LogP contribution in [0.4, 0.5) is 0 Å². The van der Waals surface area contributed by atoms with Crippen molar-refractivity contribution in [2.24, 2.45) is 0 Å². The molecular formula is C41H62N2O11. The van der Waals surface area contributed by atoms with Gasteiger partial charge in [-0.1, -0.05) is 51.7 Å². The van der Waals surface area contributed by atoms with E-state index in [-0.39, 0.29) is 52.0 Å². The van der Waals surface area contributed by atoms with Crippen LogP contribution < -0.4 is 10.6 Å². The van der Waals surface area contributed by atoms with Crippen molar-refractivity contribution in [2.75, 3.05) is 26.4 Å². The number of fused-ring (bicyclic) bond motifs is 1. The Labute approximate surface area is 320 Å². The topological polar surface area (TPSA) is 179 Å². The minimum atomic E-state index is -0.864. The molecular weight excluding hydrogens is 696 g/mol. The summed E-state index contributed by atoms with van der Waals surface area (Å²) >= 11 is 0. The molecule has 0 spiro atoms. The average molecular weight is 759 g/mol. The van der Waals surface area contributed by atoms with Crippen molar-refractivity contribution in [3.63, 3.8) is 0 Å². The zero-order valence-corrected chi connectivity index (χ0v) is 32.7. The lowest BCUT2D eigenvalue weighted by atomic mass is 9.91. The van der Waals surface area contributed by atoms with Crippen LogP contribution in [-0.4, -0.2) is 96.1 Å². The Balaban J connectivity index is 1.71. The average Bonchev–Trinajstić information content (AvgIpc) is 3.50. The molecule has 1 aliphatic carbocycles. The molecule has 3 rings (SSSR count). The second-order valence-electron chi connectivity index (χ2n) is 14.9. The molecule has 1 fully saturated rings. The third-order valence-electron chi connectivity index (χ3n) is 9.08. The highest BCUT2D eigenvalue weighted by molar-refractivity contribution is 5.94. The van der Waals surface area contributed by atoms with Crippen LogP contribution in [0.5, 0.6) is 0 Å². The SMILES string of the molecule is CCCCCC1(CCCCC)O[C@@H]2[C@@H](C=C(C(=O)NCCC(=O)N[C@H](CO)CCC(=O)OC(C)(C)C)C[C@H]2OC(=O)c2cccc(C=COCCO)c2)O1. The summed E-state index contributed by atoms with van der Waals surface area (Å²) in [6, 6.07) is 6.21.